The molecule has 27 heavy (non-hydrogen) atoms. The zero-order chi connectivity index (χ0) is 20.1. The highest BCUT2D eigenvalue weighted by Gasteiger charge is 2.14. The largest absolute Gasteiger partial charge is 0.446 e. The Morgan fingerprint density at radius 3 is 2.19 bits per heavy atom. The quantitative estimate of drug-likeness (QED) is 0.200. The van der Waals surface area contributed by atoms with Crippen LogP contribution in [0, 0.1) is 0 Å². The molecule has 0 aliphatic carbocycles. The summed E-state index contributed by atoms with van der Waals surface area (Å²) in [6.07, 6.45) is 3.12. The van der Waals surface area contributed by atoms with Crippen LogP contribution in [0.5, 0.6) is 11.5 Å². The van der Waals surface area contributed by atoms with E-state index in [-0.39, 0.29) is 17.1 Å². The molecule has 2 aromatic carbocycles. The summed E-state index contributed by atoms with van der Waals surface area (Å²) in [4.78, 5) is 0. The predicted molar refractivity (Wildman–Crippen MR) is 96.4 cm³/mol. The fraction of sp³-hybridized carbons (Fsp3) is 0. The summed E-state index contributed by atoms with van der Waals surface area (Å²) in [5.41, 5.74) is 1.52. The minimum atomic E-state index is -4.79. The van der Waals surface area contributed by atoms with Gasteiger partial charge in [0.1, 0.15) is 5.75 Å². The van der Waals surface area contributed by atoms with Gasteiger partial charge in [-0.3, -0.25) is 4.55 Å². The van der Waals surface area contributed by atoms with Crippen molar-refractivity contribution in [2.45, 2.75) is 0 Å². The van der Waals surface area contributed by atoms with Crippen LogP contribution in [0.1, 0.15) is 11.1 Å². The van der Waals surface area contributed by atoms with Crippen LogP contribution in [0.4, 0.5) is 5.69 Å². The summed E-state index contributed by atoms with van der Waals surface area (Å²) in [7, 11) is -9.19. The van der Waals surface area contributed by atoms with Crippen LogP contribution in [0.2, 0.25) is 0 Å². The van der Waals surface area contributed by atoms with Crippen molar-refractivity contribution in [1.29, 1.82) is 0 Å². The molecule has 0 bridgehead atoms. The van der Waals surface area contributed by atoms with Gasteiger partial charge in [0.2, 0.25) is 0 Å². The molecule has 0 fully saturated rings. The second kappa shape index (κ2) is 8.13. The Kier molecular flexibility index (Phi) is 6.12. The summed E-state index contributed by atoms with van der Waals surface area (Å²) in [5.74, 6) is 4.29. The first-order valence-electron chi connectivity index (χ1n) is 6.98. The standard InChI is InChI=1S/C14H14N4O7S2/c15-18-17-12-6-2-10(3-7-12)1-4-11-5-8-13(24-27(21,22)23)9-14(11)25-26(16,19)20/h1-9H,(H2,15,17)(H2,16,19,20)(H,21,22,23). The molecule has 0 unspecified atom stereocenters. The van der Waals surface area contributed by atoms with Crippen molar-refractivity contribution in [2.24, 2.45) is 21.3 Å². The van der Waals surface area contributed by atoms with E-state index in [9.17, 15) is 16.8 Å². The van der Waals surface area contributed by atoms with Gasteiger partial charge >= 0.3 is 20.7 Å². The Bertz CT molecular complexity index is 1080. The number of nitrogens with two attached hydrogens (primary N) is 2. The SMILES string of the molecule is NN=Nc1ccc(C=Cc2ccc(OS(=O)(=O)O)cc2OS(N)(=O)=O)cc1. The third-order valence-corrected chi connectivity index (χ3v) is 3.73. The lowest BCUT2D eigenvalue weighted by molar-refractivity contribution is 0.386. The first-order chi connectivity index (χ1) is 12.6. The molecule has 0 aliphatic heterocycles. The van der Waals surface area contributed by atoms with E-state index < -0.39 is 20.7 Å². The van der Waals surface area contributed by atoms with E-state index in [1.54, 1.807) is 30.3 Å². The third-order valence-electron chi connectivity index (χ3n) is 2.91. The highest BCUT2D eigenvalue weighted by atomic mass is 32.3. The maximum atomic E-state index is 11.2. The normalized spacial score (nSPS) is 12.5. The first kappa shape index (κ1) is 20.3. The van der Waals surface area contributed by atoms with Crippen LogP contribution in [0.25, 0.3) is 12.2 Å². The Morgan fingerprint density at radius 2 is 1.63 bits per heavy atom. The summed E-state index contributed by atoms with van der Waals surface area (Å²) < 4.78 is 61.6. The predicted octanol–water partition coefficient (Wildman–Crippen LogP) is 1.58. The Hall–Kier alpha value is -3.00. The van der Waals surface area contributed by atoms with Gasteiger partial charge in [0.25, 0.3) is 0 Å². The lowest BCUT2D eigenvalue weighted by Crippen LogP contribution is -2.19. The van der Waals surface area contributed by atoms with Crippen LogP contribution >= 0.6 is 0 Å². The topological polar surface area (TPSA) is 184 Å². The molecule has 0 amide bonds. The Morgan fingerprint density at radius 1 is 0.963 bits per heavy atom. The highest BCUT2D eigenvalue weighted by Crippen LogP contribution is 2.28. The number of hydrogen-bond donors (Lipinski definition) is 3. The summed E-state index contributed by atoms with van der Waals surface area (Å²) >= 11 is 0. The lowest BCUT2D eigenvalue weighted by atomic mass is 10.1. The van der Waals surface area contributed by atoms with Gasteiger partial charge in [0, 0.05) is 11.6 Å². The molecule has 0 atom stereocenters. The van der Waals surface area contributed by atoms with Crippen molar-refractivity contribution in [3.63, 3.8) is 0 Å². The van der Waals surface area contributed by atoms with Gasteiger partial charge in [-0.25, -0.2) is 0 Å². The molecule has 0 radical (unpaired) electrons. The van der Waals surface area contributed by atoms with Crippen molar-refractivity contribution in [2.75, 3.05) is 0 Å². The molecule has 5 N–H and O–H groups in total. The lowest BCUT2D eigenvalue weighted by Gasteiger charge is -2.09. The minimum absolute atomic E-state index is 0.248. The summed E-state index contributed by atoms with van der Waals surface area (Å²) in [6, 6.07) is 10.2. The van der Waals surface area contributed by atoms with Gasteiger partial charge in [0.15, 0.2) is 5.75 Å². The molecule has 0 aliphatic rings. The second-order valence-corrected chi connectivity index (χ2v) is 7.10. The molecule has 0 aromatic heterocycles. The van der Waals surface area contributed by atoms with Crippen molar-refractivity contribution in [1.82, 2.24) is 0 Å². The van der Waals surface area contributed by atoms with Gasteiger partial charge in [0.05, 0.1) is 5.69 Å². The van der Waals surface area contributed by atoms with Crippen LogP contribution in [0.15, 0.2) is 52.8 Å². The Balaban J connectivity index is 2.36. The minimum Gasteiger partial charge on any atom is -0.370 e. The molecule has 2 aromatic rings. The zero-order valence-corrected chi connectivity index (χ0v) is 15.1. The average molecular weight is 414 g/mol. The van der Waals surface area contributed by atoms with E-state index in [4.69, 9.17) is 15.5 Å². The zero-order valence-electron chi connectivity index (χ0n) is 13.5. The van der Waals surface area contributed by atoms with Gasteiger partial charge in [-0.05, 0) is 29.8 Å². The molecule has 0 spiro atoms. The number of hydrogen-bond acceptors (Lipinski definition) is 8. The van der Waals surface area contributed by atoms with Gasteiger partial charge in [-0.15, -0.1) is 5.11 Å². The molecule has 144 valence electrons. The molecule has 2 rings (SSSR count). The van der Waals surface area contributed by atoms with Crippen molar-refractivity contribution >= 4 is 38.5 Å². The van der Waals surface area contributed by atoms with E-state index in [0.717, 1.165) is 11.6 Å². The van der Waals surface area contributed by atoms with Crippen LogP contribution in [0.3, 0.4) is 0 Å². The summed E-state index contributed by atoms with van der Waals surface area (Å²) in [5, 5.41) is 11.7. The van der Waals surface area contributed by atoms with E-state index >= 15 is 0 Å². The van der Waals surface area contributed by atoms with Crippen LogP contribution < -0.4 is 19.3 Å². The van der Waals surface area contributed by atoms with E-state index in [0.29, 0.717) is 5.69 Å². The first-order valence-corrected chi connectivity index (χ1v) is 9.81. The molecule has 0 heterocycles. The van der Waals surface area contributed by atoms with Gasteiger partial charge in [-0.1, -0.05) is 29.5 Å². The molecule has 0 saturated carbocycles. The van der Waals surface area contributed by atoms with Gasteiger partial charge in [-0.2, -0.15) is 22.0 Å². The maximum absolute atomic E-state index is 11.2. The number of rotatable bonds is 7. The highest BCUT2D eigenvalue weighted by molar-refractivity contribution is 7.84. The van der Waals surface area contributed by atoms with E-state index in [1.165, 1.54) is 18.2 Å². The van der Waals surface area contributed by atoms with Crippen molar-refractivity contribution < 1.29 is 29.8 Å². The molecule has 11 nitrogen and oxygen atoms in total. The van der Waals surface area contributed by atoms with E-state index in [2.05, 4.69) is 18.7 Å². The Labute approximate surface area is 155 Å². The molecular formula is C14H14N4O7S2. The van der Waals surface area contributed by atoms with Crippen LogP contribution in [-0.4, -0.2) is 21.4 Å². The molecule has 0 saturated heterocycles. The monoisotopic (exact) mass is 414 g/mol. The number of nitrogens with zero attached hydrogens (tertiary/aromatic N) is 2. The average Bonchev–Trinajstić information content (AvgIpc) is 2.53. The smallest absolute Gasteiger partial charge is 0.370 e. The fourth-order valence-electron chi connectivity index (χ4n) is 1.93. The second-order valence-electron chi connectivity index (χ2n) is 4.93. The third kappa shape index (κ3) is 7.02. The fourth-order valence-corrected chi connectivity index (χ4v) is 2.67. The molecule has 13 heteroatoms. The summed E-state index contributed by atoms with van der Waals surface area (Å²) in [6.45, 7) is 0. The van der Waals surface area contributed by atoms with Crippen molar-refractivity contribution in [3.8, 4) is 11.5 Å². The van der Waals surface area contributed by atoms with Crippen LogP contribution in [-0.2, 0) is 20.7 Å². The van der Waals surface area contributed by atoms with Gasteiger partial charge < -0.3 is 14.2 Å². The maximum Gasteiger partial charge on any atom is 0.446 e. The van der Waals surface area contributed by atoms with Crippen molar-refractivity contribution in [3.05, 3.63) is 53.6 Å². The van der Waals surface area contributed by atoms with E-state index in [1.807, 2.05) is 0 Å². The molecular weight excluding hydrogens is 400 g/mol. The number of benzene rings is 2.